The van der Waals surface area contributed by atoms with Gasteiger partial charge in [0.15, 0.2) is 0 Å². The maximum absolute atomic E-state index is 12.1. The molecule has 0 saturated carbocycles. The summed E-state index contributed by atoms with van der Waals surface area (Å²) in [5.41, 5.74) is 9.21. The molecule has 0 N–H and O–H groups in total. The molecule has 1 aromatic heterocycles. The second-order valence-electron chi connectivity index (χ2n) is 4.99. The molecule has 1 atom stereocenters. The molecule has 21 heavy (non-hydrogen) atoms. The molecule has 0 aliphatic carbocycles. The molecule has 0 radical (unpaired) electrons. The number of halogens is 1. The number of amides is 1. The summed E-state index contributed by atoms with van der Waals surface area (Å²) in [6.07, 6.45) is 0.402. The summed E-state index contributed by atoms with van der Waals surface area (Å²) in [4.78, 5) is 21.0. The number of anilines is 1. The third-order valence-corrected chi connectivity index (χ3v) is 4.01. The van der Waals surface area contributed by atoms with Crippen LogP contribution in [0.3, 0.4) is 0 Å². The van der Waals surface area contributed by atoms with Crippen LogP contribution in [0.2, 0.25) is 0 Å². The minimum atomic E-state index is 0.0251. The fourth-order valence-corrected chi connectivity index (χ4v) is 2.89. The van der Waals surface area contributed by atoms with Gasteiger partial charge in [0, 0.05) is 34.3 Å². The zero-order chi connectivity index (χ0) is 14.8. The van der Waals surface area contributed by atoms with Crippen molar-refractivity contribution in [2.24, 2.45) is 11.0 Å². The lowest BCUT2D eigenvalue weighted by Crippen LogP contribution is -2.25. The zero-order valence-corrected chi connectivity index (χ0v) is 12.7. The molecule has 2 heterocycles. The lowest BCUT2D eigenvalue weighted by molar-refractivity contribution is -0.117. The first-order chi connectivity index (χ1) is 10.2. The average Bonchev–Trinajstić information content (AvgIpc) is 2.85. The summed E-state index contributed by atoms with van der Waals surface area (Å²) in [7, 11) is 0. The molecule has 2 aromatic rings. The Balaban J connectivity index is 1.88. The van der Waals surface area contributed by atoms with E-state index in [0.717, 1.165) is 15.4 Å². The quantitative estimate of drug-likeness (QED) is 0.483. The number of hydrogen-bond donors (Lipinski definition) is 0. The van der Waals surface area contributed by atoms with Crippen molar-refractivity contribution in [1.29, 1.82) is 0 Å². The van der Waals surface area contributed by atoms with E-state index in [1.54, 1.807) is 4.90 Å². The molecule has 0 bridgehead atoms. The standard InChI is InChI=1S/C14H12BrN5O/c15-11-2-3-12-10(6-11)1-4-13(18-12)20-8-9(5-14(20)21)7-17-19-16/h1-4,6,9H,5,7-8H2. The Kier molecular flexibility index (Phi) is 3.77. The maximum atomic E-state index is 12.1. The van der Waals surface area contributed by atoms with Gasteiger partial charge in [-0.2, -0.15) is 0 Å². The SMILES string of the molecule is [N-]=[N+]=NCC1CC(=O)N(c2ccc3cc(Br)ccc3n2)C1. The summed E-state index contributed by atoms with van der Waals surface area (Å²) in [6, 6.07) is 9.64. The van der Waals surface area contributed by atoms with Crippen LogP contribution in [0.25, 0.3) is 21.3 Å². The highest BCUT2D eigenvalue weighted by molar-refractivity contribution is 9.10. The van der Waals surface area contributed by atoms with Gasteiger partial charge in [0.2, 0.25) is 5.91 Å². The van der Waals surface area contributed by atoms with E-state index in [-0.39, 0.29) is 11.8 Å². The first-order valence-corrected chi connectivity index (χ1v) is 7.34. The first kappa shape index (κ1) is 13.9. The van der Waals surface area contributed by atoms with E-state index in [2.05, 4.69) is 30.9 Å². The van der Waals surface area contributed by atoms with Crippen LogP contribution in [0.15, 0.2) is 39.9 Å². The second-order valence-corrected chi connectivity index (χ2v) is 5.91. The normalized spacial score (nSPS) is 18.0. The Morgan fingerprint density at radius 2 is 2.29 bits per heavy atom. The van der Waals surface area contributed by atoms with Crippen LogP contribution < -0.4 is 4.90 Å². The predicted octanol–water partition coefficient (Wildman–Crippen LogP) is 3.66. The van der Waals surface area contributed by atoms with Gasteiger partial charge in [0.05, 0.1) is 5.52 Å². The number of carbonyl (C=O) groups excluding carboxylic acids is 1. The van der Waals surface area contributed by atoms with Gasteiger partial charge in [0.25, 0.3) is 0 Å². The smallest absolute Gasteiger partial charge is 0.228 e. The fraction of sp³-hybridized carbons (Fsp3) is 0.286. The molecule has 1 amide bonds. The Labute approximate surface area is 129 Å². The third kappa shape index (κ3) is 2.84. The van der Waals surface area contributed by atoms with Crippen molar-refractivity contribution in [3.05, 3.63) is 45.2 Å². The summed E-state index contributed by atoms with van der Waals surface area (Å²) in [6.45, 7) is 0.895. The summed E-state index contributed by atoms with van der Waals surface area (Å²) in [5.74, 6) is 0.742. The van der Waals surface area contributed by atoms with Crippen LogP contribution in [0.1, 0.15) is 6.42 Å². The molecule has 7 heteroatoms. The van der Waals surface area contributed by atoms with E-state index in [4.69, 9.17) is 5.53 Å². The minimum absolute atomic E-state index is 0.0251. The third-order valence-electron chi connectivity index (χ3n) is 3.52. The van der Waals surface area contributed by atoms with Crippen molar-refractivity contribution in [1.82, 2.24) is 4.98 Å². The van der Waals surface area contributed by atoms with Gasteiger partial charge in [-0.1, -0.05) is 21.0 Å². The maximum Gasteiger partial charge on any atom is 0.228 e. The Bertz CT molecular complexity index is 756. The van der Waals surface area contributed by atoms with Gasteiger partial charge in [-0.25, -0.2) is 4.98 Å². The molecule has 0 spiro atoms. The van der Waals surface area contributed by atoms with E-state index in [9.17, 15) is 4.79 Å². The molecule has 106 valence electrons. The van der Waals surface area contributed by atoms with E-state index < -0.39 is 0 Å². The lowest BCUT2D eigenvalue weighted by atomic mass is 10.1. The van der Waals surface area contributed by atoms with Crippen molar-refractivity contribution in [3.8, 4) is 0 Å². The van der Waals surface area contributed by atoms with Crippen LogP contribution in [-0.4, -0.2) is 24.0 Å². The molecule has 1 fully saturated rings. The first-order valence-electron chi connectivity index (χ1n) is 6.55. The van der Waals surface area contributed by atoms with Crippen LogP contribution in [0.5, 0.6) is 0 Å². The molecule has 1 saturated heterocycles. The van der Waals surface area contributed by atoms with Crippen molar-refractivity contribution in [3.63, 3.8) is 0 Å². The highest BCUT2D eigenvalue weighted by atomic mass is 79.9. The van der Waals surface area contributed by atoms with Crippen LogP contribution >= 0.6 is 15.9 Å². The number of aromatic nitrogens is 1. The van der Waals surface area contributed by atoms with E-state index >= 15 is 0 Å². The molecule has 1 aliphatic rings. The van der Waals surface area contributed by atoms with Crippen molar-refractivity contribution in [2.45, 2.75) is 6.42 Å². The van der Waals surface area contributed by atoms with E-state index in [1.807, 2.05) is 30.3 Å². The number of fused-ring (bicyclic) bond motifs is 1. The van der Waals surface area contributed by atoms with Crippen molar-refractivity contribution in [2.75, 3.05) is 18.0 Å². The van der Waals surface area contributed by atoms with Crippen molar-refractivity contribution >= 4 is 38.6 Å². The van der Waals surface area contributed by atoms with Gasteiger partial charge >= 0.3 is 0 Å². The number of rotatable bonds is 3. The summed E-state index contributed by atoms with van der Waals surface area (Å²) < 4.78 is 0.997. The number of azide groups is 1. The highest BCUT2D eigenvalue weighted by Crippen LogP contribution is 2.26. The molecule has 1 unspecified atom stereocenters. The van der Waals surface area contributed by atoms with E-state index in [0.29, 0.717) is 25.3 Å². The number of carbonyl (C=O) groups is 1. The molecular formula is C14H12BrN5O. The molecule has 6 nitrogen and oxygen atoms in total. The molecule has 3 rings (SSSR count). The van der Waals surface area contributed by atoms with E-state index in [1.165, 1.54) is 0 Å². The topological polar surface area (TPSA) is 82.0 Å². The highest BCUT2D eigenvalue weighted by Gasteiger charge is 2.30. The monoisotopic (exact) mass is 345 g/mol. The van der Waals surface area contributed by atoms with Gasteiger partial charge in [-0.3, -0.25) is 9.69 Å². The lowest BCUT2D eigenvalue weighted by Gasteiger charge is -2.15. The summed E-state index contributed by atoms with van der Waals surface area (Å²) >= 11 is 3.43. The molecule has 1 aromatic carbocycles. The molecule has 1 aliphatic heterocycles. The molecular weight excluding hydrogens is 334 g/mol. The largest absolute Gasteiger partial charge is 0.297 e. The predicted molar refractivity (Wildman–Crippen MR) is 83.9 cm³/mol. The zero-order valence-electron chi connectivity index (χ0n) is 11.1. The Morgan fingerprint density at radius 3 is 3.10 bits per heavy atom. The Hall–Kier alpha value is -2.11. The van der Waals surface area contributed by atoms with Gasteiger partial charge in [-0.05, 0) is 41.8 Å². The Morgan fingerprint density at radius 1 is 1.43 bits per heavy atom. The van der Waals surface area contributed by atoms with Crippen LogP contribution in [0.4, 0.5) is 5.82 Å². The number of benzene rings is 1. The second kappa shape index (κ2) is 5.71. The number of pyridine rings is 1. The van der Waals surface area contributed by atoms with Gasteiger partial charge < -0.3 is 0 Å². The number of nitrogens with zero attached hydrogens (tertiary/aromatic N) is 5. The average molecular weight is 346 g/mol. The van der Waals surface area contributed by atoms with Crippen molar-refractivity contribution < 1.29 is 4.79 Å². The van der Waals surface area contributed by atoms with Gasteiger partial charge in [-0.15, -0.1) is 0 Å². The van der Waals surface area contributed by atoms with Gasteiger partial charge in [0.1, 0.15) is 5.82 Å². The summed E-state index contributed by atoms with van der Waals surface area (Å²) in [5, 5.41) is 4.57. The van der Waals surface area contributed by atoms with Crippen LogP contribution in [-0.2, 0) is 4.79 Å². The fourth-order valence-electron chi connectivity index (χ4n) is 2.51. The minimum Gasteiger partial charge on any atom is -0.297 e. The number of hydrogen-bond acceptors (Lipinski definition) is 3. The van der Waals surface area contributed by atoms with Crippen LogP contribution in [0, 0.1) is 5.92 Å².